The number of benzene rings is 2. The first-order valence-corrected chi connectivity index (χ1v) is 11.1. The standard InChI is InChI=1S/C25H25ClFNO5/c1-2-31-23-6-5-16(9-21(23)26)14-32-19-10-22(27)20-8-17(15-33-24(20)11-19)12-28-7-3-4-18(13-28)25(29)30/h4-6,8-11H,2-3,7,12-15H2,1H3,(H,29,30). The molecule has 174 valence electrons. The average Bonchev–Trinajstić information content (AvgIpc) is 2.80. The van der Waals surface area contributed by atoms with E-state index in [1.54, 1.807) is 30.4 Å². The smallest absolute Gasteiger partial charge is 0.332 e. The maximum absolute atomic E-state index is 14.8. The van der Waals surface area contributed by atoms with E-state index in [4.69, 9.17) is 25.8 Å². The van der Waals surface area contributed by atoms with Gasteiger partial charge >= 0.3 is 5.97 Å². The van der Waals surface area contributed by atoms with Crippen molar-refractivity contribution in [2.24, 2.45) is 0 Å². The summed E-state index contributed by atoms with van der Waals surface area (Å²) in [6.07, 6.45) is 4.21. The molecule has 8 heteroatoms. The number of carboxylic acid groups (broad SMARTS) is 1. The van der Waals surface area contributed by atoms with Crippen LogP contribution in [0.5, 0.6) is 17.2 Å². The number of carboxylic acids is 1. The molecule has 0 aliphatic carbocycles. The van der Waals surface area contributed by atoms with E-state index >= 15 is 0 Å². The maximum Gasteiger partial charge on any atom is 0.332 e. The van der Waals surface area contributed by atoms with Gasteiger partial charge in [0.1, 0.15) is 36.3 Å². The van der Waals surface area contributed by atoms with Gasteiger partial charge < -0.3 is 19.3 Å². The second-order valence-corrected chi connectivity index (χ2v) is 8.34. The molecular formula is C25H25ClFNO5. The van der Waals surface area contributed by atoms with Crippen molar-refractivity contribution in [1.82, 2.24) is 4.90 Å². The highest BCUT2D eigenvalue weighted by atomic mass is 35.5. The summed E-state index contributed by atoms with van der Waals surface area (Å²) in [5, 5.41) is 9.71. The van der Waals surface area contributed by atoms with E-state index in [1.807, 2.05) is 17.9 Å². The lowest BCUT2D eigenvalue weighted by atomic mass is 10.0. The third-order valence-electron chi connectivity index (χ3n) is 5.46. The zero-order valence-electron chi connectivity index (χ0n) is 18.3. The molecule has 6 nitrogen and oxygen atoms in total. The van der Waals surface area contributed by atoms with E-state index in [0.717, 1.165) is 17.7 Å². The Morgan fingerprint density at radius 3 is 2.88 bits per heavy atom. The number of ether oxygens (including phenoxy) is 3. The van der Waals surface area contributed by atoms with Crippen LogP contribution in [0.2, 0.25) is 5.02 Å². The van der Waals surface area contributed by atoms with Gasteiger partial charge in [0.25, 0.3) is 0 Å². The third-order valence-corrected chi connectivity index (χ3v) is 5.76. The molecule has 0 fully saturated rings. The van der Waals surface area contributed by atoms with E-state index in [9.17, 15) is 14.3 Å². The van der Waals surface area contributed by atoms with Crippen molar-refractivity contribution < 1.29 is 28.5 Å². The van der Waals surface area contributed by atoms with Crippen LogP contribution in [-0.4, -0.2) is 48.8 Å². The lowest BCUT2D eigenvalue weighted by Gasteiger charge is -2.28. The molecule has 33 heavy (non-hydrogen) atoms. The van der Waals surface area contributed by atoms with E-state index in [-0.39, 0.29) is 6.61 Å². The number of hydrogen-bond donors (Lipinski definition) is 1. The Kier molecular flexibility index (Phi) is 7.20. The Morgan fingerprint density at radius 2 is 2.12 bits per heavy atom. The topological polar surface area (TPSA) is 68.2 Å². The minimum Gasteiger partial charge on any atom is -0.492 e. The first kappa shape index (κ1) is 23.1. The summed E-state index contributed by atoms with van der Waals surface area (Å²) in [5.74, 6) is 0.0568. The molecule has 2 aliphatic heterocycles. The highest BCUT2D eigenvalue weighted by molar-refractivity contribution is 6.32. The van der Waals surface area contributed by atoms with Crippen molar-refractivity contribution in [2.75, 3.05) is 32.8 Å². The van der Waals surface area contributed by atoms with E-state index < -0.39 is 11.8 Å². The van der Waals surface area contributed by atoms with Crippen LogP contribution in [0.3, 0.4) is 0 Å². The van der Waals surface area contributed by atoms with Crippen molar-refractivity contribution in [1.29, 1.82) is 0 Å². The summed E-state index contributed by atoms with van der Waals surface area (Å²) in [7, 11) is 0. The number of rotatable bonds is 8. The van der Waals surface area contributed by atoms with Gasteiger partial charge in [0.15, 0.2) is 0 Å². The highest BCUT2D eigenvalue weighted by Gasteiger charge is 2.22. The predicted octanol–water partition coefficient (Wildman–Crippen LogP) is 4.95. The van der Waals surface area contributed by atoms with Crippen LogP contribution in [0.25, 0.3) is 6.08 Å². The molecule has 0 amide bonds. The Labute approximate surface area is 196 Å². The SMILES string of the molecule is CCOc1ccc(COc2cc(F)c3c(c2)OCC(CN2CCC=C(C(=O)O)C2)=C3)cc1Cl. The van der Waals surface area contributed by atoms with Gasteiger partial charge in [-0.3, -0.25) is 4.90 Å². The summed E-state index contributed by atoms with van der Waals surface area (Å²) >= 11 is 6.21. The number of nitrogens with zero attached hydrogens (tertiary/aromatic N) is 1. The van der Waals surface area contributed by atoms with Crippen molar-refractivity contribution in [2.45, 2.75) is 20.0 Å². The first-order valence-electron chi connectivity index (χ1n) is 10.8. The first-order chi connectivity index (χ1) is 15.9. The fourth-order valence-corrected chi connectivity index (χ4v) is 4.13. The summed E-state index contributed by atoms with van der Waals surface area (Å²) in [4.78, 5) is 13.3. The van der Waals surface area contributed by atoms with Gasteiger partial charge in [0, 0.05) is 37.3 Å². The monoisotopic (exact) mass is 473 g/mol. The summed E-state index contributed by atoms with van der Waals surface area (Å²) < 4.78 is 31.8. The Balaban J connectivity index is 1.41. The highest BCUT2D eigenvalue weighted by Crippen LogP contribution is 2.34. The molecule has 0 aromatic heterocycles. The minimum atomic E-state index is -0.898. The molecule has 4 rings (SSSR count). The molecule has 0 saturated carbocycles. The zero-order chi connectivity index (χ0) is 23.4. The fourth-order valence-electron chi connectivity index (χ4n) is 3.88. The predicted molar refractivity (Wildman–Crippen MR) is 124 cm³/mol. The van der Waals surface area contributed by atoms with Crippen molar-refractivity contribution >= 4 is 23.6 Å². The van der Waals surface area contributed by atoms with Crippen molar-refractivity contribution in [3.8, 4) is 17.2 Å². The van der Waals surface area contributed by atoms with Gasteiger partial charge in [-0.1, -0.05) is 23.7 Å². The van der Waals surface area contributed by atoms with Crippen LogP contribution < -0.4 is 14.2 Å². The van der Waals surface area contributed by atoms with Crippen LogP contribution in [0.4, 0.5) is 4.39 Å². The number of halogens is 2. The molecule has 0 saturated heterocycles. The average molecular weight is 474 g/mol. The van der Waals surface area contributed by atoms with Crippen LogP contribution >= 0.6 is 11.6 Å². The van der Waals surface area contributed by atoms with Crippen LogP contribution in [-0.2, 0) is 11.4 Å². The Bertz CT molecular complexity index is 1110. The molecule has 0 radical (unpaired) electrons. The third kappa shape index (κ3) is 5.67. The Morgan fingerprint density at radius 1 is 1.27 bits per heavy atom. The number of carbonyl (C=O) groups is 1. The number of fused-ring (bicyclic) bond motifs is 1. The molecular weight excluding hydrogens is 449 g/mol. The van der Waals surface area contributed by atoms with E-state index in [0.29, 0.717) is 66.1 Å². The molecule has 0 atom stereocenters. The largest absolute Gasteiger partial charge is 0.492 e. The molecule has 2 aromatic carbocycles. The molecule has 1 N–H and O–H groups in total. The zero-order valence-corrected chi connectivity index (χ0v) is 19.0. The van der Waals surface area contributed by atoms with E-state index in [2.05, 4.69) is 0 Å². The van der Waals surface area contributed by atoms with Gasteiger partial charge in [0.05, 0.1) is 17.2 Å². The van der Waals surface area contributed by atoms with Gasteiger partial charge in [-0.2, -0.15) is 0 Å². The number of aliphatic carboxylic acids is 1. The second kappa shape index (κ2) is 10.3. The maximum atomic E-state index is 14.8. The molecule has 2 aromatic rings. The quantitative estimate of drug-likeness (QED) is 0.585. The minimum absolute atomic E-state index is 0.222. The fraction of sp³-hybridized carbons (Fsp3) is 0.320. The van der Waals surface area contributed by atoms with Crippen molar-refractivity contribution in [3.05, 3.63) is 69.5 Å². The van der Waals surface area contributed by atoms with E-state index in [1.165, 1.54) is 6.07 Å². The van der Waals surface area contributed by atoms with Crippen LogP contribution in [0, 0.1) is 5.82 Å². The normalized spacial score (nSPS) is 15.7. The molecule has 2 heterocycles. The molecule has 0 bridgehead atoms. The van der Waals surface area contributed by atoms with Gasteiger partial charge in [-0.15, -0.1) is 0 Å². The van der Waals surface area contributed by atoms with Crippen LogP contribution in [0.15, 0.2) is 47.6 Å². The van der Waals surface area contributed by atoms with Crippen molar-refractivity contribution in [3.63, 3.8) is 0 Å². The summed E-state index contributed by atoms with van der Waals surface area (Å²) in [6, 6.07) is 8.41. The molecule has 2 aliphatic rings. The second-order valence-electron chi connectivity index (χ2n) is 7.93. The van der Waals surface area contributed by atoms with Gasteiger partial charge in [-0.25, -0.2) is 9.18 Å². The Hall–Kier alpha value is -3.03. The lowest BCUT2D eigenvalue weighted by molar-refractivity contribution is -0.133. The number of hydrogen-bond acceptors (Lipinski definition) is 5. The summed E-state index contributed by atoms with van der Waals surface area (Å²) in [5.41, 5.74) is 2.49. The lowest BCUT2D eigenvalue weighted by Crippen LogP contribution is -2.35. The van der Waals surface area contributed by atoms with Gasteiger partial charge in [0.2, 0.25) is 0 Å². The van der Waals surface area contributed by atoms with Gasteiger partial charge in [-0.05, 0) is 42.7 Å². The molecule has 0 unspecified atom stereocenters. The van der Waals surface area contributed by atoms with Crippen LogP contribution in [0.1, 0.15) is 24.5 Å². The summed E-state index contributed by atoms with van der Waals surface area (Å²) in [6.45, 7) is 4.60. The molecule has 0 spiro atoms.